The normalized spacial score (nSPS) is 13.5. The molecule has 0 saturated carbocycles. The smallest absolute Gasteiger partial charge is 0.383 e. The van der Waals surface area contributed by atoms with E-state index in [1.165, 1.54) is 0 Å². The van der Waals surface area contributed by atoms with Gasteiger partial charge < -0.3 is 9.63 Å². The number of halogens is 3. The molecule has 0 radical (unpaired) electrons. The molecule has 0 amide bonds. The first-order chi connectivity index (χ1) is 9.25. The van der Waals surface area contributed by atoms with Gasteiger partial charge in [0.2, 0.25) is 11.7 Å². The van der Waals surface area contributed by atoms with Crippen LogP contribution in [0.1, 0.15) is 17.3 Å². The molecular weight excluding hydrogens is 275 g/mol. The van der Waals surface area contributed by atoms with E-state index in [1.807, 2.05) is 0 Å². The van der Waals surface area contributed by atoms with Gasteiger partial charge in [-0.2, -0.15) is 18.2 Å². The van der Waals surface area contributed by atoms with Gasteiger partial charge in [0.25, 0.3) is 0 Å². The van der Waals surface area contributed by atoms with Crippen LogP contribution in [0.4, 0.5) is 13.2 Å². The van der Waals surface area contributed by atoms with E-state index >= 15 is 0 Å². The summed E-state index contributed by atoms with van der Waals surface area (Å²) >= 11 is 0. The fourth-order valence-electron chi connectivity index (χ4n) is 1.70. The van der Waals surface area contributed by atoms with Crippen molar-refractivity contribution >= 4 is 0 Å². The first-order valence-corrected chi connectivity index (χ1v) is 5.79. The van der Waals surface area contributed by atoms with Crippen molar-refractivity contribution in [2.45, 2.75) is 32.5 Å². The van der Waals surface area contributed by atoms with Gasteiger partial charge in [-0.15, -0.1) is 0 Å². The summed E-state index contributed by atoms with van der Waals surface area (Å²) in [5, 5.41) is 12.6. The van der Waals surface area contributed by atoms with E-state index in [2.05, 4.69) is 15.1 Å². The standard InChI is InChI=1S/C12H12F3N3O2/c1-6-3-8(4-7(2)16-6)11-17-10(20-18-11)5-9(19)12(13,14)15/h3-4,9,19H,5H2,1-2H3. The molecule has 0 aliphatic rings. The molecule has 0 aromatic carbocycles. The molecule has 0 aliphatic carbocycles. The SMILES string of the molecule is Cc1cc(-c2noc(CC(O)C(F)(F)F)n2)cc(C)n1. The van der Waals surface area contributed by atoms with Gasteiger partial charge in [0.1, 0.15) is 0 Å². The molecule has 1 N–H and O–H groups in total. The van der Waals surface area contributed by atoms with Crippen molar-refractivity contribution in [2.24, 2.45) is 0 Å². The maximum absolute atomic E-state index is 12.2. The number of nitrogens with zero attached hydrogens (tertiary/aromatic N) is 3. The third-order valence-corrected chi connectivity index (χ3v) is 2.55. The van der Waals surface area contributed by atoms with Crippen LogP contribution in [0.5, 0.6) is 0 Å². The summed E-state index contributed by atoms with van der Waals surface area (Å²) < 4.78 is 41.4. The van der Waals surface area contributed by atoms with Crippen LogP contribution in [-0.2, 0) is 6.42 Å². The first kappa shape index (κ1) is 14.4. The molecule has 20 heavy (non-hydrogen) atoms. The Morgan fingerprint density at radius 3 is 2.35 bits per heavy atom. The molecule has 2 aromatic heterocycles. The molecule has 5 nitrogen and oxygen atoms in total. The third-order valence-electron chi connectivity index (χ3n) is 2.55. The molecule has 2 heterocycles. The average molecular weight is 287 g/mol. The lowest BCUT2D eigenvalue weighted by Crippen LogP contribution is -2.30. The molecule has 0 saturated heterocycles. The highest BCUT2D eigenvalue weighted by molar-refractivity contribution is 5.55. The summed E-state index contributed by atoms with van der Waals surface area (Å²) in [6.07, 6.45) is -7.99. The molecule has 0 bridgehead atoms. The zero-order chi connectivity index (χ0) is 14.9. The summed E-state index contributed by atoms with van der Waals surface area (Å²) in [4.78, 5) is 8.02. The van der Waals surface area contributed by atoms with Crippen LogP contribution in [0.2, 0.25) is 0 Å². The summed E-state index contributed by atoms with van der Waals surface area (Å²) in [6, 6.07) is 3.39. The predicted molar refractivity (Wildman–Crippen MR) is 62.8 cm³/mol. The van der Waals surface area contributed by atoms with Gasteiger partial charge in [0, 0.05) is 17.0 Å². The lowest BCUT2D eigenvalue weighted by atomic mass is 10.2. The highest BCUT2D eigenvalue weighted by Crippen LogP contribution is 2.24. The van der Waals surface area contributed by atoms with E-state index in [9.17, 15) is 13.2 Å². The van der Waals surface area contributed by atoms with Crippen LogP contribution in [-0.4, -0.2) is 32.5 Å². The van der Waals surface area contributed by atoms with Crippen LogP contribution < -0.4 is 0 Å². The first-order valence-electron chi connectivity index (χ1n) is 5.79. The van der Waals surface area contributed by atoms with Crippen molar-refractivity contribution in [2.75, 3.05) is 0 Å². The van der Waals surface area contributed by atoms with Crippen molar-refractivity contribution < 1.29 is 22.8 Å². The van der Waals surface area contributed by atoms with Crippen molar-refractivity contribution in [3.8, 4) is 11.4 Å². The molecule has 1 unspecified atom stereocenters. The molecule has 108 valence electrons. The Hall–Kier alpha value is -1.96. The lowest BCUT2D eigenvalue weighted by Gasteiger charge is -2.11. The lowest BCUT2D eigenvalue weighted by molar-refractivity contribution is -0.204. The number of alkyl halides is 3. The number of aromatic nitrogens is 3. The molecule has 8 heteroatoms. The van der Waals surface area contributed by atoms with E-state index in [4.69, 9.17) is 9.63 Å². The number of aliphatic hydroxyl groups is 1. The Kier molecular flexibility index (Phi) is 3.76. The number of aryl methyl sites for hydroxylation is 2. The highest BCUT2D eigenvalue weighted by atomic mass is 19.4. The zero-order valence-electron chi connectivity index (χ0n) is 10.8. The van der Waals surface area contributed by atoms with E-state index in [1.54, 1.807) is 26.0 Å². The second-order valence-corrected chi connectivity index (χ2v) is 4.41. The third kappa shape index (κ3) is 3.32. The second-order valence-electron chi connectivity index (χ2n) is 4.41. The average Bonchev–Trinajstić information content (AvgIpc) is 2.75. The molecule has 1 atom stereocenters. The van der Waals surface area contributed by atoms with Crippen LogP contribution in [0.3, 0.4) is 0 Å². The number of hydrogen-bond donors (Lipinski definition) is 1. The van der Waals surface area contributed by atoms with Crippen LogP contribution in [0.25, 0.3) is 11.4 Å². The molecule has 0 spiro atoms. The van der Waals surface area contributed by atoms with Gasteiger partial charge in [0.15, 0.2) is 6.10 Å². The Bertz CT molecular complexity index is 590. The van der Waals surface area contributed by atoms with Crippen molar-refractivity contribution in [1.29, 1.82) is 0 Å². The summed E-state index contributed by atoms with van der Waals surface area (Å²) in [5.74, 6) is -0.0973. The summed E-state index contributed by atoms with van der Waals surface area (Å²) in [6.45, 7) is 3.57. The maximum Gasteiger partial charge on any atom is 0.414 e. The fourth-order valence-corrected chi connectivity index (χ4v) is 1.70. The fraction of sp³-hybridized carbons (Fsp3) is 0.417. The van der Waals surface area contributed by atoms with Gasteiger partial charge in [0.05, 0.1) is 6.42 Å². The van der Waals surface area contributed by atoms with E-state index in [0.29, 0.717) is 5.56 Å². The zero-order valence-corrected chi connectivity index (χ0v) is 10.8. The maximum atomic E-state index is 12.2. The van der Waals surface area contributed by atoms with Crippen molar-refractivity contribution in [3.05, 3.63) is 29.4 Å². The Labute approximate surface area is 112 Å². The second kappa shape index (κ2) is 5.20. The summed E-state index contributed by atoms with van der Waals surface area (Å²) in [7, 11) is 0. The van der Waals surface area contributed by atoms with Crippen molar-refractivity contribution in [1.82, 2.24) is 15.1 Å². The van der Waals surface area contributed by atoms with E-state index in [-0.39, 0.29) is 11.7 Å². The number of hydrogen-bond acceptors (Lipinski definition) is 5. The quantitative estimate of drug-likeness (QED) is 0.937. The number of aliphatic hydroxyl groups excluding tert-OH is 1. The van der Waals surface area contributed by atoms with Gasteiger partial charge in [-0.05, 0) is 26.0 Å². The van der Waals surface area contributed by atoms with Gasteiger partial charge in [-0.3, -0.25) is 4.98 Å². The minimum Gasteiger partial charge on any atom is -0.383 e. The van der Waals surface area contributed by atoms with Crippen LogP contribution in [0, 0.1) is 13.8 Å². The molecule has 2 rings (SSSR count). The largest absolute Gasteiger partial charge is 0.414 e. The Balaban J connectivity index is 2.21. The van der Waals surface area contributed by atoms with Gasteiger partial charge in [-0.1, -0.05) is 5.16 Å². The summed E-state index contributed by atoms with van der Waals surface area (Å²) in [5.41, 5.74) is 2.08. The molecule has 0 fully saturated rings. The van der Waals surface area contributed by atoms with Crippen LogP contribution >= 0.6 is 0 Å². The minimum atomic E-state index is -4.71. The molecular formula is C12H12F3N3O2. The topological polar surface area (TPSA) is 72.0 Å². The van der Waals surface area contributed by atoms with E-state index in [0.717, 1.165) is 11.4 Å². The predicted octanol–water partition coefficient (Wildman–Crippen LogP) is 2.21. The van der Waals surface area contributed by atoms with Gasteiger partial charge in [-0.25, -0.2) is 0 Å². The minimum absolute atomic E-state index is 0.169. The Morgan fingerprint density at radius 2 is 1.80 bits per heavy atom. The number of pyridine rings is 1. The van der Waals surface area contributed by atoms with Crippen LogP contribution in [0.15, 0.2) is 16.7 Å². The monoisotopic (exact) mass is 287 g/mol. The highest BCUT2D eigenvalue weighted by Gasteiger charge is 2.39. The van der Waals surface area contributed by atoms with Crippen molar-refractivity contribution in [3.63, 3.8) is 0 Å². The Morgan fingerprint density at radius 1 is 1.20 bits per heavy atom. The number of rotatable bonds is 3. The molecule has 0 aliphatic heterocycles. The van der Waals surface area contributed by atoms with E-state index < -0.39 is 18.7 Å². The molecule has 2 aromatic rings. The van der Waals surface area contributed by atoms with Gasteiger partial charge >= 0.3 is 6.18 Å².